The van der Waals surface area contributed by atoms with Crippen molar-refractivity contribution in [3.8, 4) is 17.1 Å². The van der Waals surface area contributed by atoms with Crippen LogP contribution in [0.1, 0.15) is 11.3 Å². The Labute approximate surface area is 147 Å². The van der Waals surface area contributed by atoms with Crippen molar-refractivity contribution in [1.82, 2.24) is 9.97 Å². The molecule has 0 aliphatic carbocycles. The number of rotatable bonds is 7. The summed E-state index contributed by atoms with van der Waals surface area (Å²) < 4.78 is 5.33. The topological polar surface area (TPSA) is 56.6 Å². The fraction of sp³-hybridized carbons (Fsp3) is 0.150. The van der Waals surface area contributed by atoms with Crippen molar-refractivity contribution in [2.45, 2.75) is 6.42 Å². The minimum atomic E-state index is 0.511. The minimum absolute atomic E-state index is 0.511. The first-order chi connectivity index (χ1) is 12.3. The highest BCUT2D eigenvalue weighted by Gasteiger charge is 2.05. The molecule has 0 atom stereocenters. The molecule has 0 N–H and O–H groups in total. The third kappa shape index (κ3) is 4.88. The van der Waals surface area contributed by atoms with Gasteiger partial charge in [0, 0.05) is 24.8 Å². The van der Waals surface area contributed by atoms with Gasteiger partial charge in [-0.2, -0.15) is 0 Å². The maximum atomic E-state index is 5.33. The maximum Gasteiger partial charge on any atom is 0.123 e. The molecular formula is C20H19N3O2. The van der Waals surface area contributed by atoms with Crippen LogP contribution in [0.15, 0.2) is 72.0 Å². The molecule has 0 radical (unpaired) electrons. The number of benzene rings is 1. The fourth-order valence-corrected chi connectivity index (χ4v) is 2.31. The van der Waals surface area contributed by atoms with Crippen molar-refractivity contribution >= 4 is 6.21 Å². The van der Waals surface area contributed by atoms with Crippen LogP contribution < -0.4 is 4.74 Å². The van der Waals surface area contributed by atoms with E-state index in [2.05, 4.69) is 27.3 Å². The van der Waals surface area contributed by atoms with Crippen LogP contribution >= 0.6 is 0 Å². The molecule has 5 nitrogen and oxygen atoms in total. The smallest absolute Gasteiger partial charge is 0.123 e. The number of nitrogens with zero attached hydrogens (tertiary/aromatic N) is 3. The summed E-state index contributed by atoms with van der Waals surface area (Å²) in [5.41, 5.74) is 3.38. The van der Waals surface area contributed by atoms with Crippen molar-refractivity contribution in [1.29, 1.82) is 0 Å². The predicted octanol–water partition coefficient (Wildman–Crippen LogP) is 3.75. The first-order valence-corrected chi connectivity index (χ1v) is 8.02. The van der Waals surface area contributed by atoms with Crippen LogP contribution in [-0.2, 0) is 11.3 Å². The van der Waals surface area contributed by atoms with Crippen molar-refractivity contribution < 1.29 is 9.57 Å². The lowest BCUT2D eigenvalue weighted by atomic mass is 10.2. The van der Waals surface area contributed by atoms with Gasteiger partial charge in [-0.25, -0.2) is 4.98 Å². The number of ether oxygens (including phenoxy) is 1. The summed E-state index contributed by atoms with van der Waals surface area (Å²) in [6, 6.07) is 19.5. The quantitative estimate of drug-likeness (QED) is 0.375. The number of pyridine rings is 2. The van der Waals surface area contributed by atoms with Gasteiger partial charge in [0.15, 0.2) is 0 Å². The Hall–Kier alpha value is -3.21. The second kappa shape index (κ2) is 8.59. The summed E-state index contributed by atoms with van der Waals surface area (Å²) in [6.07, 6.45) is 4.12. The highest BCUT2D eigenvalue weighted by molar-refractivity contribution is 5.78. The van der Waals surface area contributed by atoms with Crippen LogP contribution in [0.4, 0.5) is 0 Å². The number of hydrogen-bond donors (Lipinski definition) is 0. The average Bonchev–Trinajstić information content (AvgIpc) is 2.69. The average molecular weight is 333 g/mol. The number of methoxy groups -OCH3 is 1. The highest BCUT2D eigenvalue weighted by Crippen LogP contribution is 2.20. The van der Waals surface area contributed by atoms with E-state index in [-0.39, 0.29) is 0 Å². The van der Waals surface area contributed by atoms with Gasteiger partial charge < -0.3 is 9.57 Å². The molecule has 0 bridgehead atoms. The van der Waals surface area contributed by atoms with Crippen LogP contribution in [0.3, 0.4) is 0 Å². The van der Waals surface area contributed by atoms with Gasteiger partial charge in [0.25, 0.3) is 0 Å². The van der Waals surface area contributed by atoms with Crippen LogP contribution in [0.5, 0.6) is 5.75 Å². The molecule has 0 spiro atoms. The van der Waals surface area contributed by atoms with Crippen molar-refractivity contribution in [2.75, 3.05) is 13.7 Å². The summed E-state index contributed by atoms with van der Waals surface area (Å²) >= 11 is 0. The van der Waals surface area contributed by atoms with E-state index in [4.69, 9.17) is 9.57 Å². The van der Waals surface area contributed by atoms with Gasteiger partial charge in [0.1, 0.15) is 12.4 Å². The van der Waals surface area contributed by atoms with E-state index in [0.717, 1.165) is 17.8 Å². The lowest BCUT2D eigenvalue weighted by Gasteiger charge is -2.05. The van der Waals surface area contributed by atoms with Crippen molar-refractivity contribution in [2.24, 2.45) is 5.16 Å². The third-order valence-corrected chi connectivity index (χ3v) is 3.57. The molecule has 0 aliphatic rings. The molecule has 126 valence electrons. The van der Waals surface area contributed by atoms with Gasteiger partial charge in [0.2, 0.25) is 0 Å². The number of aromatic nitrogens is 2. The van der Waals surface area contributed by atoms with Crippen molar-refractivity contribution in [3.63, 3.8) is 0 Å². The Morgan fingerprint density at radius 3 is 2.60 bits per heavy atom. The van der Waals surface area contributed by atoms with E-state index in [1.807, 2.05) is 42.5 Å². The molecule has 3 rings (SSSR count). The molecule has 0 saturated heterocycles. The van der Waals surface area contributed by atoms with Crippen LogP contribution in [0.25, 0.3) is 11.4 Å². The molecule has 0 unspecified atom stereocenters. The van der Waals surface area contributed by atoms with E-state index < -0.39 is 0 Å². The van der Waals surface area contributed by atoms with Gasteiger partial charge in [-0.1, -0.05) is 41.6 Å². The largest absolute Gasteiger partial charge is 0.497 e. The molecule has 0 amide bonds. The third-order valence-electron chi connectivity index (χ3n) is 3.57. The van der Waals surface area contributed by atoms with Gasteiger partial charge in [-0.3, -0.25) is 4.98 Å². The molecule has 0 fully saturated rings. The predicted molar refractivity (Wildman–Crippen MR) is 97.7 cm³/mol. The minimum Gasteiger partial charge on any atom is -0.497 e. The van der Waals surface area contributed by atoms with Gasteiger partial charge in [-0.15, -0.1) is 0 Å². The van der Waals surface area contributed by atoms with Crippen molar-refractivity contribution in [3.05, 3.63) is 78.1 Å². The fourth-order valence-electron chi connectivity index (χ4n) is 2.31. The first-order valence-electron chi connectivity index (χ1n) is 8.02. The molecule has 25 heavy (non-hydrogen) atoms. The lowest BCUT2D eigenvalue weighted by molar-refractivity contribution is 0.149. The van der Waals surface area contributed by atoms with Gasteiger partial charge >= 0.3 is 0 Å². The summed E-state index contributed by atoms with van der Waals surface area (Å²) in [4.78, 5) is 14.2. The van der Waals surface area contributed by atoms with Gasteiger partial charge in [-0.05, 0) is 17.7 Å². The Balaban J connectivity index is 1.65. The highest BCUT2D eigenvalue weighted by atomic mass is 16.6. The Morgan fingerprint density at radius 1 is 1.00 bits per heavy atom. The van der Waals surface area contributed by atoms with E-state index in [1.54, 1.807) is 25.6 Å². The molecular weight excluding hydrogens is 314 g/mol. The Bertz CT molecular complexity index is 821. The second-order valence-electron chi connectivity index (χ2n) is 5.34. The van der Waals surface area contributed by atoms with Gasteiger partial charge in [0.05, 0.1) is 30.4 Å². The van der Waals surface area contributed by atoms with Crippen LogP contribution in [0, 0.1) is 0 Å². The summed E-state index contributed by atoms with van der Waals surface area (Å²) in [5, 5.41) is 4.00. The maximum absolute atomic E-state index is 5.33. The van der Waals surface area contributed by atoms with Crippen LogP contribution in [0.2, 0.25) is 0 Å². The zero-order chi connectivity index (χ0) is 17.3. The Kier molecular flexibility index (Phi) is 5.72. The van der Waals surface area contributed by atoms with E-state index >= 15 is 0 Å². The van der Waals surface area contributed by atoms with E-state index in [1.165, 1.54) is 5.56 Å². The summed E-state index contributed by atoms with van der Waals surface area (Å²) in [6.45, 7) is 0.511. The second-order valence-corrected chi connectivity index (χ2v) is 5.34. The Morgan fingerprint density at radius 2 is 1.84 bits per heavy atom. The molecule has 1 aromatic carbocycles. The molecule has 0 saturated carbocycles. The standard InChI is InChI=1S/C20H19N3O2/c1-24-18-13-17(23-20(14-18)19-9-5-6-11-21-19)15-22-25-12-10-16-7-3-2-4-8-16/h2-9,11,13-15H,10,12H2,1H3/b22-15-. The van der Waals surface area contributed by atoms with E-state index in [9.17, 15) is 0 Å². The molecule has 3 aromatic rings. The molecule has 5 heteroatoms. The zero-order valence-electron chi connectivity index (χ0n) is 14.0. The number of hydrogen-bond acceptors (Lipinski definition) is 5. The summed E-state index contributed by atoms with van der Waals surface area (Å²) in [5.74, 6) is 0.696. The normalized spacial score (nSPS) is 10.8. The first kappa shape index (κ1) is 16.6. The van der Waals surface area contributed by atoms with Crippen LogP contribution in [-0.4, -0.2) is 29.9 Å². The van der Waals surface area contributed by atoms with E-state index in [0.29, 0.717) is 18.1 Å². The lowest BCUT2D eigenvalue weighted by Crippen LogP contribution is -1.97. The number of oxime groups is 1. The molecule has 0 aliphatic heterocycles. The monoisotopic (exact) mass is 333 g/mol. The molecule has 2 aromatic heterocycles. The SMILES string of the molecule is COc1cc(/C=N\OCCc2ccccc2)nc(-c2ccccn2)c1. The summed E-state index contributed by atoms with van der Waals surface area (Å²) in [7, 11) is 1.62. The molecule has 2 heterocycles. The zero-order valence-corrected chi connectivity index (χ0v) is 14.0.